The van der Waals surface area contributed by atoms with E-state index in [0.29, 0.717) is 10.4 Å². The van der Waals surface area contributed by atoms with Crippen molar-refractivity contribution in [3.05, 3.63) is 41.4 Å². The number of aromatic nitrogens is 3. The Bertz CT molecular complexity index is 691. The molecule has 154 valence electrons. The van der Waals surface area contributed by atoms with Gasteiger partial charge in [-0.25, -0.2) is 0 Å². The van der Waals surface area contributed by atoms with Crippen LogP contribution in [0.3, 0.4) is 0 Å². The summed E-state index contributed by atoms with van der Waals surface area (Å²) >= 11 is 5.95. The largest absolute Gasteiger partial charge is 0.151 e. The van der Waals surface area contributed by atoms with Crippen LogP contribution < -0.4 is 0 Å². The van der Waals surface area contributed by atoms with E-state index in [1.54, 1.807) is 4.80 Å². The van der Waals surface area contributed by atoms with Crippen LogP contribution in [0.15, 0.2) is 36.4 Å². The standard InChI is InChI=1S/C14H16ClN3.C6H14.C2H6.CH4/c1-3-5-7-12(6-4-2)18-16-13-9-8-11(15)10-14(13)17-18;1-5-6(2,3)4;1-2;/h5-10H,3-4H2,1-2H3;5H2,1-4H3;1-2H3;1H4/b7-5-,12-6+;;;. The highest BCUT2D eigenvalue weighted by Gasteiger charge is 2.05. The summed E-state index contributed by atoms with van der Waals surface area (Å²) < 4.78 is 0. The first-order valence-electron chi connectivity index (χ1n) is 9.70. The van der Waals surface area contributed by atoms with Gasteiger partial charge in [0.25, 0.3) is 0 Å². The lowest BCUT2D eigenvalue weighted by atomic mass is 9.94. The van der Waals surface area contributed by atoms with Crippen LogP contribution in [-0.2, 0) is 0 Å². The fraction of sp³-hybridized carbons (Fsp3) is 0.565. The number of nitrogens with zero attached hydrogens (tertiary/aromatic N) is 3. The van der Waals surface area contributed by atoms with E-state index in [1.807, 2.05) is 38.1 Å². The summed E-state index contributed by atoms with van der Waals surface area (Å²) in [6, 6.07) is 5.54. The molecule has 2 rings (SSSR count). The molecule has 0 aliphatic carbocycles. The molecule has 2 aromatic rings. The second kappa shape index (κ2) is 14.4. The highest BCUT2D eigenvalue weighted by Crippen LogP contribution is 2.18. The zero-order valence-corrected chi connectivity index (χ0v) is 18.6. The van der Waals surface area contributed by atoms with Crippen molar-refractivity contribution in [1.29, 1.82) is 0 Å². The topological polar surface area (TPSA) is 30.7 Å². The highest BCUT2D eigenvalue weighted by molar-refractivity contribution is 6.31. The summed E-state index contributed by atoms with van der Waals surface area (Å²) in [5, 5.41) is 9.58. The third kappa shape index (κ3) is 11.0. The van der Waals surface area contributed by atoms with Gasteiger partial charge in [0.1, 0.15) is 11.0 Å². The van der Waals surface area contributed by atoms with Crippen LogP contribution in [0.5, 0.6) is 0 Å². The van der Waals surface area contributed by atoms with Crippen LogP contribution in [0.25, 0.3) is 16.7 Å². The number of allylic oxidation sites excluding steroid dienone is 4. The third-order valence-corrected chi connectivity index (χ3v) is 3.81. The van der Waals surface area contributed by atoms with E-state index in [4.69, 9.17) is 11.6 Å². The average Bonchev–Trinajstić information content (AvgIpc) is 3.03. The number of hydrogen-bond acceptors (Lipinski definition) is 2. The van der Waals surface area contributed by atoms with Gasteiger partial charge in [0, 0.05) is 5.02 Å². The lowest BCUT2D eigenvalue weighted by Crippen LogP contribution is -2.00. The molecule has 0 radical (unpaired) electrons. The van der Waals surface area contributed by atoms with Crippen molar-refractivity contribution in [1.82, 2.24) is 15.0 Å². The SMILES string of the molecule is C.CC.CC/C=C\C(=C/CC)n1nc2ccc(Cl)cc2n1.CCC(C)(C)C. The quantitative estimate of drug-likeness (QED) is 0.488. The molecule has 0 saturated heterocycles. The maximum Gasteiger partial charge on any atom is 0.115 e. The lowest BCUT2D eigenvalue weighted by Gasteiger charge is -2.12. The Labute approximate surface area is 172 Å². The van der Waals surface area contributed by atoms with E-state index < -0.39 is 0 Å². The molecule has 0 unspecified atom stereocenters. The molecule has 4 heteroatoms. The van der Waals surface area contributed by atoms with Crippen molar-refractivity contribution in [2.45, 2.75) is 82.1 Å². The van der Waals surface area contributed by atoms with Gasteiger partial charge in [-0.05, 0) is 42.5 Å². The van der Waals surface area contributed by atoms with Gasteiger partial charge < -0.3 is 0 Å². The fourth-order valence-corrected chi connectivity index (χ4v) is 1.83. The zero-order chi connectivity index (χ0) is 20.2. The van der Waals surface area contributed by atoms with Gasteiger partial charge in [0.05, 0.1) is 5.70 Å². The van der Waals surface area contributed by atoms with Crippen LogP contribution in [-0.4, -0.2) is 15.0 Å². The smallest absolute Gasteiger partial charge is 0.115 e. The minimum Gasteiger partial charge on any atom is -0.151 e. The van der Waals surface area contributed by atoms with Gasteiger partial charge in [-0.3, -0.25) is 0 Å². The molecule has 0 fully saturated rings. The molecule has 0 aliphatic heterocycles. The number of fused-ring (bicyclic) bond motifs is 1. The van der Waals surface area contributed by atoms with Crippen molar-refractivity contribution in [2.75, 3.05) is 0 Å². The van der Waals surface area contributed by atoms with Gasteiger partial charge >= 0.3 is 0 Å². The summed E-state index contributed by atoms with van der Waals surface area (Å²) in [5.74, 6) is 0. The molecule has 1 heterocycles. The molecule has 0 amide bonds. The van der Waals surface area contributed by atoms with E-state index in [0.717, 1.165) is 29.6 Å². The monoisotopic (exact) mass is 393 g/mol. The van der Waals surface area contributed by atoms with Gasteiger partial charge in [0.15, 0.2) is 0 Å². The Hall–Kier alpha value is -1.61. The van der Waals surface area contributed by atoms with Crippen molar-refractivity contribution in [3.8, 4) is 0 Å². The zero-order valence-electron chi connectivity index (χ0n) is 17.8. The Kier molecular flexibility index (Phi) is 14.8. The van der Waals surface area contributed by atoms with Crippen molar-refractivity contribution >= 4 is 28.3 Å². The average molecular weight is 394 g/mol. The fourth-order valence-electron chi connectivity index (χ4n) is 1.67. The van der Waals surface area contributed by atoms with Gasteiger partial charge in [-0.2, -0.15) is 4.80 Å². The van der Waals surface area contributed by atoms with E-state index in [9.17, 15) is 0 Å². The number of rotatable bonds is 4. The summed E-state index contributed by atoms with van der Waals surface area (Å²) in [6.07, 6.45) is 9.46. The summed E-state index contributed by atoms with van der Waals surface area (Å²) in [5.41, 5.74) is 3.20. The first-order valence-corrected chi connectivity index (χ1v) is 10.1. The number of hydrogen-bond donors (Lipinski definition) is 0. The van der Waals surface area contributed by atoms with E-state index in [2.05, 4.69) is 63.9 Å². The van der Waals surface area contributed by atoms with Gasteiger partial charge in [-0.1, -0.05) is 93.0 Å². The molecule has 27 heavy (non-hydrogen) atoms. The van der Waals surface area contributed by atoms with Crippen LogP contribution in [0.1, 0.15) is 82.1 Å². The highest BCUT2D eigenvalue weighted by atomic mass is 35.5. The number of halogens is 1. The van der Waals surface area contributed by atoms with Gasteiger partial charge in [0.2, 0.25) is 0 Å². The molecule has 1 aromatic carbocycles. The van der Waals surface area contributed by atoms with Crippen molar-refractivity contribution < 1.29 is 0 Å². The summed E-state index contributed by atoms with van der Waals surface area (Å²) in [6.45, 7) is 17.1. The van der Waals surface area contributed by atoms with Crippen molar-refractivity contribution in [2.24, 2.45) is 5.41 Å². The molecule has 0 spiro atoms. The van der Waals surface area contributed by atoms with Crippen LogP contribution in [0.2, 0.25) is 5.02 Å². The van der Waals surface area contributed by atoms with Crippen LogP contribution in [0.4, 0.5) is 0 Å². The normalized spacial score (nSPS) is 11.4. The predicted octanol–water partition coefficient (Wildman–Crippen LogP) is 8.41. The molecule has 1 aromatic heterocycles. The first-order chi connectivity index (χ1) is 12.3. The molecule has 0 N–H and O–H groups in total. The Balaban J connectivity index is 0. The van der Waals surface area contributed by atoms with Crippen molar-refractivity contribution in [3.63, 3.8) is 0 Å². The molecule has 0 bridgehead atoms. The summed E-state index contributed by atoms with van der Waals surface area (Å²) in [7, 11) is 0. The minimum atomic E-state index is 0. The second-order valence-corrected chi connectivity index (χ2v) is 7.32. The molecule has 3 nitrogen and oxygen atoms in total. The molecular formula is C23H40ClN3. The maximum absolute atomic E-state index is 5.95. The van der Waals surface area contributed by atoms with E-state index in [1.165, 1.54) is 6.42 Å². The van der Waals surface area contributed by atoms with E-state index in [-0.39, 0.29) is 7.43 Å². The van der Waals surface area contributed by atoms with Crippen LogP contribution >= 0.6 is 11.6 Å². The third-order valence-electron chi connectivity index (χ3n) is 3.57. The molecule has 0 aliphatic rings. The molecular weight excluding hydrogens is 354 g/mol. The maximum atomic E-state index is 5.95. The Morgan fingerprint density at radius 3 is 2.07 bits per heavy atom. The predicted molar refractivity (Wildman–Crippen MR) is 124 cm³/mol. The lowest BCUT2D eigenvalue weighted by molar-refractivity contribution is 0.398. The molecule has 0 atom stereocenters. The molecule has 0 saturated carbocycles. The second-order valence-electron chi connectivity index (χ2n) is 6.88. The minimum absolute atomic E-state index is 0. The number of benzene rings is 1. The van der Waals surface area contributed by atoms with E-state index >= 15 is 0 Å². The Morgan fingerprint density at radius 1 is 1.04 bits per heavy atom. The summed E-state index contributed by atoms with van der Waals surface area (Å²) in [4.78, 5) is 1.66. The first kappa shape index (κ1) is 27.6. The van der Waals surface area contributed by atoms with Gasteiger partial charge in [-0.15, -0.1) is 10.2 Å². The Morgan fingerprint density at radius 2 is 1.59 bits per heavy atom. The van der Waals surface area contributed by atoms with Crippen LogP contribution in [0, 0.1) is 5.41 Å².